The summed E-state index contributed by atoms with van der Waals surface area (Å²) < 4.78 is 38.0. The molecule has 1 amide bonds. The minimum absolute atomic E-state index is 0.161. The summed E-state index contributed by atoms with van der Waals surface area (Å²) in [6.45, 7) is 3.09. The van der Waals surface area contributed by atoms with E-state index >= 15 is 0 Å². The molecule has 0 bridgehead atoms. The lowest BCUT2D eigenvalue weighted by molar-refractivity contribution is -0.126. The minimum Gasteiger partial charge on any atom is -0.497 e. The zero-order valence-electron chi connectivity index (χ0n) is 17.6. The number of sulfonamides is 1. The highest BCUT2D eigenvalue weighted by atomic mass is 35.5. The molecule has 1 heterocycles. The van der Waals surface area contributed by atoms with Gasteiger partial charge in [-0.25, -0.2) is 8.42 Å². The fraction of sp³-hybridized carbons (Fsp3) is 0.409. The minimum atomic E-state index is -3.66. The van der Waals surface area contributed by atoms with Gasteiger partial charge in [-0.2, -0.15) is 4.31 Å². The molecule has 0 aromatic heterocycles. The van der Waals surface area contributed by atoms with E-state index in [1.807, 2.05) is 19.1 Å². The van der Waals surface area contributed by atoms with Gasteiger partial charge in [0.05, 0.1) is 24.5 Å². The normalized spacial score (nSPS) is 17.2. The second-order valence-electron chi connectivity index (χ2n) is 7.43. The van der Waals surface area contributed by atoms with Crippen molar-refractivity contribution in [3.63, 3.8) is 0 Å². The van der Waals surface area contributed by atoms with Gasteiger partial charge < -0.3 is 14.8 Å². The first-order chi connectivity index (χ1) is 14.8. The van der Waals surface area contributed by atoms with Crippen LogP contribution in [-0.2, 0) is 14.8 Å². The Bertz CT molecular complexity index is 1010. The molecule has 1 N–H and O–H groups in total. The van der Waals surface area contributed by atoms with E-state index in [0.29, 0.717) is 49.1 Å². The molecule has 1 saturated heterocycles. The average molecular weight is 467 g/mol. The van der Waals surface area contributed by atoms with E-state index in [9.17, 15) is 13.2 Å². The first kappa shape index (κ1) is 23.4. The van der Waals surface area contributed by atoms with Crippen LogP contribution in [0.4, 0.5) is 0 Å². The molecular weight excluding hydrogens is 440 g/mol. The van der Waals surface area contributed by atoms with Crippen LogP contribution >= 0.6 is 11.6 Å². The van der Waals surface area contributed by atoms with E-state index in [-0.39, 0.29) is 17.3 Å². The Morgan fingerprint density at radius 3 is 2.58 bits per heavy atom. The summed E-state index contributed by atoms with van der Waals surface area (Å²) in [6.07, 6.45) is 1.28. The zero-order valence-corrected chi connectivity index (χ0v) is 19.2. The third kappa shape index (κ3) is 5.90. The van der Waals surface area contributed by atoms with Crippen LogP contribution in [0.25, 0.3) is 0 Å². The van der Waals surface area contributed by atoms with Crippen LogP contribution in [0.1, 0.15) is 18.4 Å². The van der Waals surface area contributed by atoms with Gasteiger partial charge >= 0.3 is 0 Å². The number of carbonyl (C=O) groups is 1. The Labute approximate surface area is 188 Å². The molecule has 1 aliphatic rings. The molecule has 1 aliphatic heterocycles. The number of rotatable bonds is 8. The lowest BCUT2D eigenvalue weighted by atomic mass is 9.99. The number of halogens is 1. The number of methoxy groups -OCH3 is 1. The summed E-state index contributed by atoms with van der Waals surface area (Å²) in [5.41, 5.74) is 0.966. The Morgan fingerprint density at radius 1 is 1.19 bits per heavy atom. The molecular formula is C22H27ClN2O5S. The molecule has 0 radical (unpaired) electrons. The zero-order chi connectivity index (χ0) is 22.4. The topological polar surface area (TPSA) is 84.9 Å². The van der Waals surface area contributed by atoms with Crippen molar-refractivity contribution >= 4 is 27.5 Å². The van der Waals surface area contributed by atoms with Crippen molar-refractivity contribution in [3.05, 3.63) is 53.1 Å². The number of ether oxygens (including phenoxy) is 2. The molecule has 3 rings (SSSR count). The number of nitrogens with zero attached hydrogens (tertiary/aromatic N) is 1. The van der Waals surface area contributed by atoms with Crippen molar-refractivity contribution in [2.75, 3.05) is 33.4 Å². The average Bonchev–Trinajstić information content (AvgIpc) is 2.79. The Balaban J connectivity index is 1.51. The number of hydrogen-bond donors (Lipinski definition) is 1. The summed E-state index contributed by atoms with van der Waals surface area (Å²) in [4.78, 5) is 12.8. The third-order valence-electron chi connectivity index (χ3n) is 5.27. The number of aryl methyl sites for hydroxylation is 1. The molecule has 7 nitrogen and oxygen atoms in total. The molecule has 9 heteroatoms. The van der Waals surface area contributed by atoms with Gasteiger partial charge in [0, 0.05) is 18.1 Å². The van der Waals surface area contributed by atoms with E-state index in [2.05, 4.69) is 5.32 Å². The van der Waals surface area contributed by atoms with E-state index < -0.39 is 15.9 Å². The number of carbonyl (C=O) groups excluding carboxylic acids is 1. The number of amides is 1. The molecule has 0 unspecified atom stereocenters. The predicted molar refractivity (Wildman–Crippen MR) is 119 cm³/mol. The highest BCUT2D eigenvalue weighted by molar-refractivity contribution is 7.89. The number of hydrogen-bond acceptors (Lipinski definition) is 5. The lowest BCUT2D eigenvalue weighted by Crippen LogP contribution is -2.45. The lowest BCUT2D eigenvalue weighted by Gasteiger charge is -2.31. The van der Waals surface area contributed by atoms with Crippen LogP contribution in [0.5, 0.6) is 11.5 Å². The molecule has 1 atom stereocenters. The molecule has 0 spiro atoms. The molecule has 168 valence electrons. The maximum atomic E-state index is 12.9. The van der Waals surface area contributed by atoms with Gasteiger partial charge in [-0.15, -0.1) is 0 Å². The number of benzene rings is 2. The smallest absolute Gasteiger partial charge is 0.243 e. The van der Waals surface area contributed by atoms with Gasteiger partial charge in [-0.1, -0.05) is 17.7 Å². The molecule has 0 saturated carbocycles. The van der Waals surface area contributed by atoms with Crippen molar-refractivity contribution in [1.29, 1.82) is 0 Å². The third-order valence-corrected chi connectivity index (χ3v) is 7.55. The largest absolute Gasteiger partial charge is 0.497 e. The standard InChI is InChI=1S/C22H27ClN2O5S/c1-16-5-6-19(14-21(16)23)30-13-11-24-22(26)17-4-3-12-25(15-17)31(27,28)20-9-7-18(29-2)8-10-20/h5-10,14,17H,3-4,11-13,15H2,1-2H3,(H,24,26)/t17-/m0/s1. The number of nitrogens with one attached hydrogen (secondary N) is 1. The summed E-state index contributed by atoms with van der Waals surface area (Å²) in [7, 11) is -2.14. The summed E-state index contributed by atoms with van der Waals surface area (Å²) in [5.74, 6) is 0.667. The van der Waals surface area contributed by atoms with E-state index in [4.69, 9.17) is 21.1 Å². The quantitative estimate of drug-likeness (QED) is 0.603. The molecule has 2 aromatic rings. The Morgan fingerprint density at radius 2 is 1.90 bits per heavy atom. The highest BCUT2D eigenvalue weighted by Crippen LogP contribution is 2.25. The van der Waals surface area contributed by atoms with Crippen molar-refractivity contribution in [2.45, 2.75) is 24.7 Å². The van der Waals surface area contributed by atoms with E-state index in [1.54, 1.807) is 18.2 Å². The van der Waals surface area contributed by atoms with Crippen molar-refractivity contribution in [2.24, 2.45) is 5.92 Å². The van der Waals surface area contributed by atoms with Crippen molar-refractivity contribution < 1.29 is 22.7 Å². The fourth-order valence-corrected chi connectivity index (χ4v) is 5.12. The summed E-state index contributed by atoms with van der Waals surface area (Å²) >= 11 is 6.08. The summed E-state index contributed by atoms with van der Waals surface area (Å²) in [6, 6.07) is 11.7. The van der Waals surface area contributed by atoms with Crippen LogP contribution < -0.4 is 14.8 Å². The predicted octanol–water partition coefficient (Wildman–Crippen LogP) is 3.25. The van der Waals surface area contributed by atoms with Gasteiger partial charge in [-0.05, 0) is 61.7 Å². The van der Waals surface area contributed by atoms with Gasteiger partial charge in [0.1, 0.15) is 18.1 Å². The monoisotopic (exact) mass is 466 g/mol. The van der Waals surface area contributed by atoms with Crippen LogP contribution in [0.2, 0.25) is 5.02 Å². The Kier molecular flexibility index (Phi) is 7.80. The van der Waals surface area contributed by atoms with Gasteiger partial charge in [-0.3, -0.25) is 4.79 Å². The van der Waals surface area contributed by atoms with Gasteiger partial charge in [0.25, 0.3) is 0 Å². The summed E-state index contributed by atoms with van der Waals surface area (Å²) in [5, 5.41) is 3.47. The fourth-order valence-electron chi connectivity index (χ4n) is 3.42. The first-order valence-electron chi connectivity index (χ1n) is 10.1. The SMILES string of the molecule is COc1ccc(S(=O)(=O)N2CCC[C@H](C(=O)NCCOc3ccc(C)c(Cl)c3)C2)cc1. The van der Waals surface area contributed by atoms with Crippen LogP contribution in [0, 0.1) is 12.8 Å². The van der Waals surface area contributed by atoms with E-state index in [1.165, 1.54) is 23.5 Å². The second kappa shape index (κ2) is 10.3. The maximum Gasteiger partial charge on any atom is 0.243 e. The van der Waals surface area contributed by atoms with Gasteiger partial charge in [0.15, 0.2) is 0 Å². The Hall–Kier alpha value is -2.29. The van der Waals surface area contributed by atoms with Crippen LogP contribution in [0.3, 0.4) is 0 Å². The number of piperidine rings is 1. The highest BCUT2D eigenvalue weighted by Gasteiger charge is 2.33. The van der Waals surface area contributed by atoms with Gasteiger partial charge in [0.2, 0.25) is 15.9 Å². The van der Waals surface area contributed by atoms with Crippen molar-refractivity contribution in [1.82, 2.24) is 9.62 Å². The van der Waals surface area contributed by atoms with Crippen LogP contribution in [0.15, 0.2) is 47.4 Å². The van der Waals surface area contributed by atoms with Crippen LogP contribution in [-0.4, -0.2) is 52.0 Å². The van der Waals surface area contributed by atoms with E-state index in [0.717, 1.165) is 5.56 Å². The molecule has 2 aromatic carbocycles. The second-order valence-corrected chi connectivity index (χ2v) is 9.77. The molecule has 31 heavy (non-hydrogen) atoms. The molecule has 1 fully saturated rings. The molecule has 0 aliphatic carbocycles. The first-order valence-corrected chi connectivity index (χ1v) is 11.9. The van der Waals surface area contributed by atoms with Crippen molar-refractivity contribution in [3.8, 4) is 11.5 Å². The maximum absolute atomic E-state index is 12.9.